The van der Waals surface area contributed by atoms with Gasteiger partial charge in [-0.2, -0.15) is 11.8 Å². The largest absolute Gasteiger partial charge is 0.381 e. The van der Waals surface area contributed by atoms with Crippen molar-refractivity contribution < 1.29 is 4.74 Å². The molecule has 0 spiro atoms. The first-order chi connectivity index (χ1) is 12.3. The molecule has 4 rings (SSSR count). The van der Waals surface area contributed by atoms with Crippen molar-refractivity contribution in [1.82, 2.24) is 4.98 Å². The van der Waals surface area contributed by atoms with Gasteiger partial charge in [-0.15, -0.1) is 11.8 Å². The molecule has 1 unspecified atom stereocenters. The third kappa shape index (κ3) is 4.01. The van der Waals surface area contributed by atoms with Gasteiger partial charge in [0.2, 0.25) is 0 Å². The average molecular weight is 376 g/mol. The second-order valence-electron chi connectivity index (χ2n) is 6.66. The minimum atomic E-state index is 0.471. The third-order valence-electron chi connectivity index (χ3n) is 4.83. The van der Waals surface area contributed by atoms with Gasteiger partial charge in [0.1, 0.15) is 5.04 Å². The summed E-state index contributed by atoms with van der Waals surface area (Å²) in [6.45, 7) is 1.71. The van der Waals surface area contributed by atoms with Crippen molar-refractivity contribution in [3.63, 3.8) is 0 Å². The molecule has 0 aliphatic carbocycles. The minimum absolute atomic E-state index is 0.471. The SMILES string of the molecule is CSCCC1CSC(c2cc3cccc(NC4CCOCC4)c3[nH]2)=N1. The maximum Gasteiger partial charge on any atom is 0.114 e. The Bertz CT molecular complexity index is 752. The van der Waals surface area contributed by atoms with E-state index in [9.17, 15) is 0 Å². The van der Waals surface area contributed by atoms with Gasteiger partial charge in [-0.1, -0.05) is 12.1 Å². The molecule has 0 radical (unpaired) electrons. The molecule has 25 heavy (non-hydrogen) atoms. The molecule has 1 atom stereocenters. The van der Waals surface area contributed by atoms with Crippen molar-refractivity contribution in [2.45, 2.75) is 31.3 Å². The average Bonchev–Trinajstić information content (AvgIpc) is 3.28. The summed E-state index contributed by atoms with van der Waals surface area (Å²) in [6, 6.07) is 9.69. The van der Waals surface area contributed by atoms with Crippen LogP contribution >= 0.6 is 23.5 Å². The number of rotatable bonds is 6. The summed E-state index contributed by atoms with van der Waals surface area (Å²) in [5.74, 6) is 2.30. The molecule has 134 valence electrons. The van der Waals surface area contributed by atoms with Crippen LogP contribution in [0, 0.1) is 0 Å². The Labute approximate surface area is 157 Å². The lowest BCUT2D eigenvalue weighted by molar-refractivity contribution is 0.0905. The van der Waals surface area contributed by atoms with Gasteiger partial charge in [0.05, 0.1) is 22.9 Å². The number of ether oxygens (including phenoxy) is 1. The predicted molar refractivity (Wildman–Crippen MR) is 112 cm³/mol. The van der Waals surface area contributed by atoms with Crippen molar-refractivity contribution in [1.29, 1.82) is 0 Å². The van der Waals surface area contributed by atoms with Crippen molar-refractivity contribution in [3.05, 3.63) is 30.0 Å². The highest BCUT2D eigenvalue weighted by Crippen LogP contribution is 2.30. The van der Waals surface area contributed by atoms with E-state index in [-0.39, 0.29) is 0 Å². The van der Waals surface area contributed by atoms with Gasteiger partial charge in [0.15, 0.2) is 0 Å². The highest BCUT2D eigenvalue weighted by molar-refractivity contribution is 8.14. The number of aromatic amines is 1. The van der Waals surface area contributed by atoms with Crippen molar-refractivity contribution in [2.24, 2.45) is 4.99 Å². The van der Waals surface area contributed by atoms with Gasteiger partial charge in [0, 0.05) is 30.4 Å². The van der Waals surface area contributed by atoms with Crippen LogP contribution in [0.15, 0.2) is 29.3 Å². The summed E-state index contributed by atoms with van der Waals surface area (Å²) in [4.78, 5) is 8.56. The molecule has 2 aromatic rings. The second-order valence-corrected chi connectivity index (χ2v) is 8.66. The first-order valence-electron chi connectivity index (χ1n) is 8.99. The molecule has 3 heterocycles. The van der Waals surface area contributed by atoms with E-state index in [1.807, 2.05) is 23.5 Å². The van der Waals surface area contributed by atoms with E-state index in [1.165, 1.54) is 33.8 Å². The zero-order chi connectivity index (χ0) is 17.1. The van der Waals surface area contributed by atoms with Crippen LogP contribution in [-0.2, 0) is 4.74 Å². The molecule has 1 saturated heterocycles. The first kappa shape index (κ1) is 17.3. The quantitative estimate of drug-likeness (QED) is 0.787. The van der Waals surface area contributed by atoms with Crippen molar-refractivity contribution in [3.8, 4) is 0 Å². The first-order valence-corrected chi connectivity index (χ1v) is 11.4. The topological polar surface area (TPSA) is 49.4 Å². The van der Waals surface area contributed by atoms with Crippen molar-refractivity contribution >= 4 is 45.2 Å². The van der Waals surface area contributed by atoms with E-state index < -0.39 is 0 Å². The van der Waals surface area contributed by atoms with Crippen LogP contribution in [-0.4, -0.2) is 53.1 Å². The molecule has 2 N–H and O–H groups in total. The van der Waals surface area contributed by atoms with Gasteiger partial charge in [-0.25, -0.2) is 0 Å². The number of nitrogens with zero attached hydrogens (tertiary/aromatic N) is 1. The number of hydrogen-bond acceptors (Lipinski definition) is 5. The number of hydrogen-bond donors (Lipinski definition) is 2. The maximum atomic E-state index is 5.47. The fourth-order valence-corrected chi connectivity index (χ4v) is 5.01. The standard InChI is InChI=1S/C19H25N3OS2/c1-24-10-7-15-12-25-19(21-15)17-11-13-3-2-4-16(18(13)22-17)20-14-5-8-23-9-6-14/h2-4,11,14-15,20,22H,5-10,12H2,1H3. The normalized spacial score (nSPS) is 21.6. The molecule has 1 aromatic heterocycles. The van der Waals surface area contributed by atoms with Crippen molar-refractivity contribution in [2.75, 3.05) is 36.3 Å². The molecule has 1 aromatic carbocycles. The Morgan fingerprint density at radius 3 is 3.08 bits per heavy atom. The molecule has 0 saturated carbocycles. The van der Waals surface area contributed by atoms with Crippen LogP contribution in [0.1, 0.15) is 25.0 Å². The number of thioether (sulfide) groups is 2. The van der Waals surface area contributed by atoms with Gasteiger partial charge < -0.3 is 15.0 Å². The Hall–Kier alpha value is -1.11. The molecule has 4 nitrogen and oxygen atoms in total. The fraction of sp³-hybridized carbons (Fsp3) is 0.526. The maximum absolute atomic E-state index is 5.47. The van der Waals surface area contributed by atoms with E-state index in [0.29, 0.717) is 12.1 Å². The van der Waals surface area contributed by atoms with E-state index in [1.54, 1.807) is 0 Å². The van der Waals surface area contributed by atoms with Gasteiger partial charge in [0.25, 0.3) is 0 Å². The van der Waals surface area contributed by atoms with Gasteiger partial charge in [-0.3, -0.25) is 4.99 Å². The Kier molecular flexibility index (Phi) is 5.58. The smallest absolute Gasteiger partial charge is 0.114 e. The van der Waals surface area contributed by atoms with Crippen LogP contribution in [0.2, 0.25) is 0 Å². The summed E-state index contributed by atoms with van der Waals surface area (Å²) in [7, 11) is 0. The summed E-state index contributed by atoms with van der Waals surface area (Å²) in [5, 5.41) is 6.12. The monoisotopic (exact) mass is 375 g/mol. The molecule has 2 aliphatic heterocycles. The number of H-pyrrole nitrogens is 1. The fourth-order valence-electron chi connectivity index (χ4n) is 3.42. The zero-order valence-corrected chi connectivity index (χ0v) is 16.2. The van der Waals surface area contributed by atoms with E-state index in [4.69, 9.17) is 9.73 Å². The predicted octanol–water partition coefficient (Wildman–Crippen LogP) is 4.37. The number of nitrogens with one attached hydrogen (secondary N) is 2. The number of fused-ring (bicyclic) bond motifs is 1. The van der Waals surface area contributed by atoms with Crippen LogP contribution in [0.3, 0.4) is 0 Å². The Morgan fingerprint density at radius 2 is 2.24 bits per heavy atom. The lowest BCUT2D eigenvalue weighted by Crippen LogP contribution is -2.27. The van der Waals surface area contributed by atoms with Crippen LogP contribution in [0.5, 0.6) is 0 Å². The molecule has 0 bridgehead atoms. The number of para-hydroxylation sites is 1. The van der Waals surface area contributed by atoms with E-state index in [0.717, 1.165) is 37.5 Å². The Balaban J connectivity index is 1.55. The number of anilines is 1. The molecule has 1 fully saturated rings. The van der Waals surface area contributed by atoms with Gasteiger partial charge in [-0.05, 0) is 43.4 Å². The summed E-state index contributed by atoms with van der Waals surface area (Å²) in [6.07, 6.45) is 5.49. The summed E-state index contributed by atoms with van der Waals surface area (Å²) in [5.41, 5.74) is 3.55. The number of aromatic nitrogens is 1. The second kappa shape index (κ2) is 8.06. The highest BCUT2D eigenvalue weighted by atomic mass is 32.2. The lowest BCUT2D eigenvalue weighted by atomic mass is 10.1. The summed E-state index contributed by atoms with van der Waals surface area (Å²) >= 11 is 3.79. The molecule has 0 amide bonds. The van der Waals surface area contributed by atoms with E-state index in [2.05, 4.69) is 40.8 Å². The molecular formula is C19H25N3OS2. The zero-order valence-electron chi connectivity index (χ0n) is 14.6. The van der Waals surface area contributed by atoms with Crippen LogP contribution in [0.25, 0.3) is 10.9 Å². The minimum Gasteiger partial charge on any atom is -0.381 e. The molecular weight excluding hydrogens is 350 g/mol. The lowest BCUT2D eigenvalue weighted by Gasteiger charge is -2.24. The molecule has 6 heteroatoms. The third-order valence-corrected chi connectivity index (χ3v) is 6.63. The van der Waals surface area contributed by atoms with Gasteiger partial charge >= 0.3 is 0 Å². The van der Waals surface area contributed by atoms with E-state index >= 15 is 0 Å². The highest BCUT2D eigenvalue weighted by Gasteiger charge is 2.21. The van der Waals surface area contributed by atoms with Crippen LogP contribution in [0.4, 0.5) is 5.69 Å². The van der Waals surface area contributed by atoms with Crippen LogP contribution < -0.4 is 5.32 Å². The Morgan fingerprint density at radius 1 is 1.36 bits per heavy atom. The number of aliphatic imine (C=N–C) groups is 1. The molecule has 2 aliphatic rings. The number of benzene rings is 1. The summed E-state index contributed by atoms with van der Waals surface area (Å²) < 4.78 is 5.47.